The Morgan fingerprint density at radius 3 is 2.80 bits per heavy atom. The number of rotatable bonds is 4. The molecule has 0 aliphatic rings. The lowest BCUT2D eigenvalue weighted by atomic mass is 10.3. The fourth-order valence-corrected chi connectivity index (χ4v) is 0.308. The van der Waals surface area contributed by atoms with Crippen molar-refractivity contribution >= 4 is 6.21 Å². The lowest BCUT2D eigenvalue weighted by Crippen LogP contribution is -1.70. The smallest absolute Gasteiger partial charge is 0.125 e. The van der Waals surface area contributed by atoms with Crippen LogP contribution in [-0.4, -0.2) is 12.9 Å². The first-order chi connectivity index (χ1) is 4.81. The average molecular weight is 139 g/mol. The van der Waals surface area contributed by atoms with Crippen LogP contribution in [0.25, 0.3) is 0 Å². The van der Waals surface area contributed by atoms with Crippen molar-refractivity contribution in [2.75, 3.05) is 6.67 Å². The van der Waals surface area contributed by atoms with Crippen molar-refractivity contribution in [3.8, 4) is 0 Å². The second-order valence-electron chi connectivity index (χ2n) is 1.58. The number of allylic oxidation sites excluding steroid dienone is 3. The summed E-state index contributed by atoms with van der Waals surface area (Å²) < 4.78 is 11.4. The van der Waals surface area contributed by atoms with Crippen LogP contribution in [0.5, 0.6) is 0 Å². The van der Waals surface area contributed by atoms with Crippen LogP contribution in [0, 0.1) is 0 Å². The van der Waals surface area contributed by atoms with E-state index in [-0.39, 0.29) is 0 Å². The van der Waals surface area contributed by atoms with Crippen molar-refractivity contribution in [1.29, 1.82) is 0 Å². The van der Waals surface area contributed by atoms with Gasteiger partial charge in [-0.1, -0.05) is 19.2 Å². The third-order valence-electron chi connectivity index (χ3n) is 0.811. The van der Waals surface area contributed by atoms with E-state index in [0.717, 1.165) is 5.57 Å². The Morgan fingerprint density at radius 1 is 1.60 bits per heavy atom. The summed E-state index contributed by atoms with van der Waals surface area (Å²) in [5.41, 5.74) is 0.760. The van der Waals surface area contributed by atoms with Gasteiger partial charge in [-0.15, -0.1) is 0 Å². The third-order valence-corrected chi connectivity index (χ3v) is 0.811. The van der Waals surface area contributed by atoms with Crippen molar-refractivity contribution in [3.63, 3.8) is 0 Å². The van der Waals surface area contributed by atoms with Gasteiger partial charge in [0.25, 0.3) is 0 Å². The molecule has 0 unspecified atom stereocenters. The Kier molecular flexibility index (Phi) is 5.25. The molecule has 10 heavy (non-hydrogen) atoms. The monoisotopic (exact) mass is 139 g/mol. The van der Waals surface area contributed by atoms with Crippen LogP contribution < -0.4 is 0 Å². The van der Waals surface area contributed by atoms with E-state index in [2.05, 4.69) is 18.2 Å². The first-order valence-electron chi connectivity index (χ1n) is 2.86. The highest BCUT2D eigenvalue weighted by molar-refractivity contribution is 5.59. The molecule has 0 aromatic heterocycles. The van der Waals surface area contributed by atoms with Gasteiger partial charge in [0.05, 0.1) is 0 Å². The van der Waals surface area contributed by atoms with Crippen LogP contribution in [0.2, 0.25) is 0 Å². The van der Waals surface area contributed by atoms with Gasteiger partial charge in [-0.25, -0.2) is 4.39 Å². The quantitative estimate of drug-likeness (QED) is 0.418. The fraction of sp³-hybridized carbons (Fsp3) is 0.125. The zero-order valence-corrected chi connectivity index (χ0v) is 5.76. The van der Waals surface area contributed by atoms with Gasteiger partial charge in [-0.3, -0.25) is 4.99 Å². The molecule has 0 bridgehead atoms. The molecule has 0 spiro atoms. The number of aliphatic imine (C=N–C) groups is 1. The van der Waals surface area contributed by atoms with Gasteiger partial charge in [-0.2, -0.15) is 0 Å². The predicted octanol–water partition coefficient (Wildman–Crippen LogP) is 2.28. The van der Waals surface area contributed by atoms with E-state index in [0.29, 0.717) is 0 Å². The number of nitrogens with zero attached hydrogens (tertiary/aromatic N) is 1. The Morgan fingerprint density at radius 2 is 2.30 bits per heavy atom. The third kappa shape index (κ3) is 4.97. The molecular weight excluding hydrogens is 129 g/mol. The molecule has 54 valence electrons. The molecule has 0 rings (SSSR count). The molecule has 0 aromatic rings. The minimum Gasteiger partial charge on any atom is -0.266 e. The molecule has 0 N–H and O–H groups in total. The summed E-state index contributed by atoms with van der Waals surface area (Å²) in [6.07, 6.45) is 5.90. The second-order valence-corrected chi connectivity index (χ2v) is 1.58. The molecule has 0 aromatic carbocycles. The maximum atomic E-state index is 11.4. The molecule has 0 heterocycles. The second kappa shape index (κ2) is 5.95. The summed E-state index contributed by atoms with van der Waals surface area (Å²) in [6, 6.07) is 0. The molecule has 0 atom stereocenters. The summed E-state index contributed by atoms with van der Waals surface area (Å²) >= 11 is 0. The maximum Gasteiger partial charge on any atom is 0.125 e. The molecule has 0 aliphatic carbocycles. The molecule has 1 nitrogen and oxygen atoms in total. The molecule has 0 saturated heterocycles. The highest BCUT2D eigenvalue weighted by Crippen LogP contribution is 1.91. The topological polar surface area (TPSA) is 12.4 Å². The Labute approximate surface area is 60.3 Å². The van der Waals surface area contributed by atoms with Crippen molar-refractivity contribution in [2.24, 2.45) is 4.99 Å². The minimum absolute atomic E-state index is 0.537. The lowest BCUT2D eigenvalue weighted by Gasteiger charge is -1.81. The van der Waals surface area contributed by atoms with E-state index >= 15 is 0 Å². The van der Waals surface area contributed by atoms with Gasteiger partial charge in [0, 0.05) is 12.4 Å². The number of halogens is 1. The zero-order chi connectivity index (χ0) is 7.82. The van der Waals surface area contributed by atoms with E-state index in [9.17, 15) is 4.39 Å². The Balaban J connectivity index is 3.65. The van der Waals surface area contributed by atoms with Gasteiger partial charge in [-0.05, 0) is 11.6 Å². The number of hydrogen-bond donors (Lipinski definition) is 0. The fourth-order valence-electron chi connectivity index (χ4n) is 0.308. The highest BCUT2D eigenvalue weighted by Gasteiger charge is 1.73. The van der Waals surface area contributed by atoms with Gasteiger partial charge >= 0.3 is 0 Å². The summed E-state index contributed by atoms with van der Waals surface area (Å²) in [6.45, 7) is 6.54. The molecule has 0 radical (unpaired) electrons. The van der Waals surface area contributed by atoms with Crippen molar-refractivity contribution in [3.05, 3.63) is 37.1 Å². The predicted molar refractivity (Wildman–Crippen MR) is 42.9 cm³/mol. The van der Waals surface area contributed by atoms with Crippen LogP contribution in [0.1, 0.15) is 0 Å². The van der Waals surface area contributed by atoms with Crippen LogP contribution in [0.3, 0.4) is 0 Å². The molecular formula is C8H10FN. The molecule has 2 heteroatoms. The minimum atomic E-state index is -0.537. The maximum absolute atomic E-state index is 11.4. The Hall–Kier alpha value is -1.18. The largest absolute Gasteiger partial charge is 0.266 e. The van der Waals surface area contributed by atoms with Crippen LogP contribution in [0.15, 0.2) is 42.1 Å². The van der Waals surface area contributed by atoms with E-state index in [1.54, 1.807) is 12.2 Å². The van der Waals surface area contributed by atoms with Crippen LogP contribution in [-0.2, 0) is 0 Å². The van der Waals surface area contributed by atoms with Gasteiger partial charge in [0.15, 0.2) is 0 Å². The highest BCUT2D eigenvalue weighted by atomic mass is 19.1. The zero-order valence-electron chi connectivity index (χ0n) is 5.76. The summed E-state index contributed by atoms with van der Waals surface area (Å²) in [5, 5.41) is 0. The standard InChI is InChI=1S/C8H10FN/c1-3-8(2)4-6-10-7-5-9/h3-4,6-7H,1-2,5H2/b6-4-,10-7?. The van der Waals surface area contributed by atoms with Crippen LogP contribution in [0.4, 0.5) is 4.39 Å². The first kappa shape index (κ1) is 8.82. The normalized spacial score (nSPS) is 10.9. The van der Waals surface area contributed by atoms with E-state index in [4.69, 9.17) is 0 Å². The van der Waals surface area contributed by atoms with Gasteiger partial charge in [0.1, 0.15) is 6.67 Å². The number of alkyl halides is 1. The SMILES string of the molecule is C=CC(=C)/C=C\N=CCF. The van der Waals surface area contributed by atoms with E-state index in [1.165, 1.54) is 12.4 Å². The summed E-state index contributed by atoms with van der Waals surface area (Å²) in [5.74, 6) is 0. The number of hydrogen-bond acceptors (Lipinski definition) is 1. The van der Waals surface area contributed by atoms with Gasteiger partial charge < -0.3 is 0 Å². The summed E-state index contributed by atoms with van der Waals surface area (Å²) in [7, 11) is 0. The molecule has 0 amide bonds. The van der Waals surface area contributed by atoms with Crippen molar-refractivity contribution in [1.82, 2.24) is 0 Å². The molecule has 0 aliphatic heterocycles. The lowest BCUT2D eigenvalue weighted by molar-refractivity contribution is 0.587. The van der Waals surface area contributed by atoms with Gasteiger partial charge in [0.2, 0.25) is 0 Å². The first-order valence-corrected chi connectivity index (χ1v) is 2.86. The van der Waals surface area contributed by atoms with Crippen molar-refractivity contribution < 1.29 is 4.39 Å². The Bertz CT molecular complexity index is 168. The van der Waals surface area contributed by atoms with Crippen LogP contribution >= 0.6 is 0 Å². The summed E-state index contributed by atoms with van der Waals surface area (Å²) in [4.78, 5) is 3.59. The van der Waals surface area contributed by atoms with E-state index in [1.807, 2.05) is 0 Å². The average Bonchev–Trinajstić information content (AvgIpc) is 1.98. The molecule has 0 fully saturated rings. The van der Waals surface area contributed by atoms with E-state index < -0.39 is 6.67 Å². The van der Waals surface area contributed by atoms with Crippen molar-refractivity contribution in [2.45, 2.75) is 0 Å². The molecule has 0 saturated carbocycles.